The molecule has 3 heterocycles. The molecule has 24 heavy (non-hydrogen) atoms. The maximum absolute atomic E-state index is 12.6. The van der Waals surface area contributed by atoms with Crippen molar-refractivity contribution in [2.45, 2.75) is 4.90 Å². The van der Waals surface area contributed by atoms with Gasteiger partial charge in [0.25, 0.3) is 0 Å². The summed E-state index contributed by atoms with van der Waals surface area (Å²) >= 11 is 3.65. The normalized spacial score (nSPS) is 16.7. The van der Waals surface area contributed by atoms with Gasteiger partial charge in [-0.25, -0.2) is 13.4 Å². The van der Waals surface area contributed by atoms with Crippen LogP contribution in [0.4, 0.5) is 0 Å². The highest BCUT2D eigenvalue weighted by molar-refractivity contribution is 14.1. The molecule has 0 unspecified atom stereocenters. The smallest absolute Gasteiger partial charge is 0.243 e. The van der Waals surface area contributed by atoms with Crippen LogP contribution in [0, 0.1) is 3.70 Å². The Labute approximate surface area is 156 Å². The van der Waals surface area contributed by atoms with Crippen LogP contribution in [-0.4, -0.2) is 53.6 Å². The number of aromatic nitrogens is 3. The molecule has 0 spiro atoms. The Morgan fingerprint density at radius 3 is 2.54 bits per heavy atom. The van der Waals surface area contributed by atoms with Crippen LogP contribution in [0.5, 0.6) is 0 Å². The Morgan fingerprint density at radius 2 is 1.88 bits per heavy atom. The molecule has 1 aliphatic rings. The molecule has 3 aromatic rings. The van der Waals surface area contributed by atoms with Crippen LogP contribution in [0.25, 0.3) is 15.5 Å². The third kappa shape index (κ3) is 2.86. The molecule has 0 saturated carbocycles. The summed E-state index contributed by atoms with van der Waals surface area (Å²) in [6.07, 6.45) is 1.77. The molecule has 7 nitrogen and oxygen atoms in total. The summed E-state index contributed by atoms with van der Waals surface area (Å²) < 4.78 is 34.6. The highest BCUT2D eigenvalue weighted by Gasteiger charge is 2.26. The number of hydrogen-bond donors (Lipinski definition) is 0. The van der Waals surface area contributed by atoms with Crippen LogP contribution >= 0.6 is 33.9 Å². The lowest BCUT2D eigenvalue weighted by Gasteiger charge is -2.26. The molecule has 1 saturated heterocycles. The number of imidazole rings is 1. The van der Waals surface area contributed by atoms with E-state index >= 15 is 0 Å². The quantitative estimate of drug-likeness (QED) is 0.542. The highest BCUT2D eigenvalue weighted by Crippen LogP contribution is 2.28. The largest absolute Gasteiger partial charge is 0.379 e. The molecule has 126 valence electrons. The van der Waals surface area contributed by atoms with Gasteiger partial charge in [0, 0.05) is 18.7 Å². The first-order chi connectivity index (χ1) is 11.6. The van der Waals surface area contributed by atoms with E-state index in [9.17, 15) is 8.42 Å². The van der Waals surface area contributed by atoms with Gasteiger partial charge in [-0.05, 0) is 34.7 Å². The van der Waals surface area contributed by atoms with E-state index in [4.69, 9.17) is 4.74 Å². The molecule has 1 fully saturated rings. The number of benzene rings is 1. The van der Waals surface area contributed by atoms with Gasteiger partial charge in [-0.2, -0.15) is 13.9 Å². The first-order valence-electron chi connectivity index (χ1n) is 7.24. The molecule has 0 amide bonds. The van der Waals surface area contributed by atoms with Crippen LogP contribution < -0.4 is 0 Å². The van der Waals surface area contributed by atoms with Crippen molar-refractivity contribution < 1.29 is 13.2 Å². The van der Waals surface area contributed by atoms with Gasteiger partial charge in [-0.3, -0.25) is 0 Å². The number of nitrogens with zero attached hydrogens (tertiary/aromatic N) is 4. The average Bonchev–Trinajstić information content (AvgIpc) is 3.18. The maximum Gasteiger partial charge on any atom is 0.243 e. The molecule has 0 N–H and O–H groups in total. The lowest BCUT2D eigenvalue weighted by molar-refractivity contribution is 0.0730. The first kappa shape index (κ1) is 16.4. The second-order valence-corrected chi connectivity index (χ2v) is 9.22. The molecule has 0 radical (unpaired) electrons. The number of sulfonamides is 1. The van der Waals surface area contributed by atoms with Gasteiger partial charge in [0.2, 0.25) is 15.0 Å². The van der Waals surface area contributed by atoms with Crippen molar-refractivity contribution in [3.05, 3.63) is 34.2 Å². The average molecular weight is 476 g/mol. The number of hydrogen-bond acceptors (Lipinski definition) is 6. The molecule has 0 aliphatic carbocycles. The van der Waals surface area contributed by atoms with E-state index in [1.807, 2.05) is 0 Å². The maximum atomic E-state index is 12.6. The molecule has 1 aliphatic heterocycles. The lowest BCUT2D eigenvalue weighted by Crippen LogP contribution is -2.40. The van der Waals surface area contributed by atoms with Crippen molar-refractivity contribution in [1.82, 2.24) is 18.9 Å². The van der Waals surface area contributed by atoms with Gasteiger partial charge in [0.15, 0.2) is 0 Å². The molecule has 10 heteroatoms. The van der Waals surface area contributed by atoms with Gasteiger partial charge in [-0.1, -0.05) is 23.5 Å². The fraction of sp³-hybridized carbons (Fsp3) is 0.286. The van der Waals surface area contributed by atoms with Crippen molar-refractivity contribution in [2.75, 3.05) is 26.3 Å². The Balaban J connectivity index is 1.64. The fourth-order valence-corrected chi connectivity index (χ4v) is 5.42. The number of halogens is 1. The number of rotatable bonds is 3. The summed E-state index contributed by atoms with van der Waals surface area (Å²) in [5, 5.41) is 5.32. The van der Waals surface area contributed by atoms with Crippen LogP contribution in [-0.2, 0) is 14.8 Å². The summed E-state index contributed by atoms with van der Waals surface area (Å²) in [5.41, 5.74) is 0.877. The molecule has 2 aromatic heterocycles. The lowest BCUT2D eigenvalue weighted by atomic mass is 10.2. The van der Waals surface area contributed by atoms with E-state index in [1.54, 1.807) is 35.0 Å². The van der Waals surface area contributed by atoms with Gasteiger partial charge in [0.1, 0.15) is 8.71 Å². The predicted molar refractivity (Wildman–Crippen MR) is 98.6 cm³/mol. The zero-order chi connectivity index (χ0) is 16.7. The molecular formula is C14H13IN4O3S2. The fourth-order valence-electron chi connectivity index (χ4n) is 2.49. The van der Waals surface area contributed by atoms with E-state index in [0.717, 1.165) is 19.2 Å². The standard InChI is InChI=1S/C14H13IN4O3S2/c15-12-9-16-14-19(12)17-13(23-14)10-1-3-11(4-2-10)24(20,21)18-5-7-22-8-6-18/h1-4,9H,5-8H2. The van der Waals surface area contributed by atoms with Gasteiger partial charge in [-0.15, -0.1) is 0 Å². The predicted octanol–water partition coefficient (Wildman–Crippen LogP) is 2.08. The number of ether oxygens (including phenoxy) is 1. The minimum absolute atomic E-state index is 0.295. The van der Waals surface area contributed by atoms with E-state index in [1.165, 1.54) is 15.6 Å². The van der Waals surface area contributed by atoms with Crippen LogP contribution in [0.3, 0.4) is 0 Å². The zero-order valence-corrected chi connectivity index (χ0v) is 16.2. The topological polar surface area (TPSA) is 76.8 Å². The second kappa shape index (κ2) is 6.33. The third-order valence-corrected chi connectivity index (χ3v) is 7.37. The monoisotopic (exact) mass is 476 g/mol. The first-order valence-corrected chi connectivity index (χ1v) is 10.6. The highest BCUT2D eigenvalue weighted by atomic mass is 127. The van der Waals surface area contributed by atoms with E-state index in [-0.39, 0.29) is 0 Å². The summed E-state index contributed by atoms with van der Waals surface area (Å²) in [6.45, 7) is 1.67. The summed E-state index contributed by atoms with van der Waals surface area (Å²) in [6, 6.07) is 6.85. The summed E-state index contributed by atoms with van der Waals surface area (Å²) in [5.74, 6) is 0. The Kier molecular flexibility index (Phi) is 4.33. The van der Waals surface area contributed by atoms with Crippen molar-refractivity contribution in [1.29, 1.82) is 0 Å². The van der Waals surface area contributed by atoms with Crippen molar-refractivity contribution >= 4 is 48.9 Å². The van der Waals surface area contributed by atoms with Gasteiger partial charge < -0.3 is 4.74 Å². The molecule has 4 rings (SSSR count). The molecule has 0 bridgehead atoms. The van der Waals surface area contributed by atoms with Crippen molar-refractivity contribution in [2.24, 2.45) is 0 Å². The zero-order valence-electron chi connectivity index (χ0n) is 12.4. The number of fused-ring (bicyclic) bond motifs is 1. The number of morpholine rings is 1. The van der Waals surface area contributed by atoms with Crippen LogP contribution in [0.1, 0.15) is 0 Å². The summed E-state index contributed by atoms with van der Waals surface area (Å²) in [4.78, 5) is 5.39. The van der Waals surface area contributed by atoms with E-state index in [0.29, 0.717) is 31.2 Å². The van der Waals surface area contributed by atoms with Crippen molar-refractivity contribution in [3.8, 4) is 10.6 Å². The van der Waals surface area contributed by atoms with E-state index < -0.39 is 10.0 Å². The van der Waals surface area contributed by atoms with Crippen molar-refractivity contribution in [3.63, 3.8) is 0 Å². The Bertz CT molecular complexity index is 975. The van der Waals surface area contributed by atoms with E-state index in [2.05, 4.69) is 32.7 Å². The minimum atomic E-state index is -3.46. The van der Waals surface area contributed by atoms with Crippen LogP contribution in [0.2, 0.25) is 0 Å². The SMILES string of the molecule is O=S(=O)(c1ccc(-c2nn3c(I)cnc3s2)cc1)N1CCOCC1. The van der Waals surface area contributed by atoms with Gasteiger partial charge in [0.05, 0.1) is 24.3 Å². The molecular weight excluding hydrogens is 463 g/mol. The third-order valence-electron chi connectivity index (χ3n) is 3.75. The Morgan fingerprint density at radius 1 is 1.17 bits per heavy atom. The Hall–Kier alpha value is -1.08. The second-order valence-electron chi connectivity index (χ2n) is 5.22. The van der Waals surface area contributed by atoms with Crippen LogP contribution in [0.15, 0.2) is 35.4 Å². The summed E-state index contributed by atoms with van der Waals surface area (Å²) in [7, 11) is -3.46. The van der Waals surface area contributed by atoms with Gasteiger partial charge >= 0.3 is 0 Å². The minimum Gasteiger partial charge on any atom is -0.379 e. The molecule has 1 aromatic carbocycles. The molecule has 0 atom stereocenters.